The lowest BCUT2D eigenvalue weighted by Crippen LogP contribution is -2.05. The minimum absolute atomic E-state index is 0.0171. The maximum Gasteiger partial charge on any atom is 0.306 e. The topological polar surface area (TPSA) is 37.3 Å². The maximum absolute atomic E-state index is 10.5. The Kier molecular flexibility index (Phi) is 2.53. The molecule has 0 radical (unpaired) electrons. The summed E-state index contributed by atoms with van der Waals surface area (Å²) >= 11 is 0. The van der Waals surface area contributed by atoms with Gasteiger partial charge in [-0.3, -0.25) is 4.79 Å². The largest absolute Gasteiger partial charge is 0.481 e. The molecule has 64 valence electrons. The van der Waals surface area contributed by atoms with E-state index < -0.39 is 5.97 Å². The molecule has 0 heterocycles. The van der Waals surface area contributed by atoms with Crippen LogP contribution in [0.1, 0.15) is 33.1 Å². The molecule has 0 amide bonds. The smallest absolute Gasteiger partial charge is 0.306 e. The van der Waals surface area contributed by atoms with E-state index >= 15 is 0 Å². The van der Waals surface area contributed by atoms with Crippen LogP contribution in [0.4, 0.5) is 0 Å². The maximum atomic E-state index is 10.5. The highest BCUT2D eigenvalue weighted by molar-refractivity contribution is 5.73. The zero-order valence-electron chi connectivity index (χ0n) is 7.21. The third-order valence-electron chi connectivity index (χ3n) is 2.63. The molecule has 0 aliphatic heterocycles. The number of hydrogen-bond acceptors (Lipinski definition) is 1. The summed E-state index contributed by atoms with van der Waals surface area (Å²) in [6.07, 6.45) is 3.26. The predicted octanol–water partition coefficient (Wildman–Crippen LogP) is 2.14. The summed E-state index contributed by atoms with van der Waals surface area (Å²) in [5.74, 6) is 0.475. The fourth-order valence-corrected chi connectivity index (χ4v) is 1.80. The van der Waals surface area contributed by atoms with Gasteiger partial charge in [-0.15, -0.1) is 0 Å². The van der Waals surface area contributed by atoms with Crippen LogP contribution in [-0.2, 0) is 4.79 Å². The average molecular weight is 156 g/mol. The standard InChI is InChI=1S/C9H16O2/c1-3-4-6(2)7-5-8(7)9(10)11/h6-8H,3-5H2,1-2H3,(H,10,11)/t6?,7-,8+/m0/s1. The van der Waals surface area contributed by atoms with E-state index in [1.807, 2.05) is 0 Å². The van der Waals surface area contributed by atoms with Crippen molar-refractivity contribution in [2.45, 2.75) is 33.1 Å². The molecule has 3 atom stereocenters. The van der Waals surface area contributed by atoms with Gasteiger partial charge in [-0.25, -0.2) is 0 Å². The molecule has 1 aliphatic rings. The second-order valence-corrected chi connectivity index (χ2v) is 3.61. The van der Waals surface area contributed by atoms with Gasteiger partial charge < -0.3 is 5.11 Å². The monoisotopic (exact) mass is 156 g/mol. The van der Waals surface area contributed by atoms with Gasteiger partial charge in [0, 0.05) is 0 Å². The molecule has 1 rings (SSSR count). The van der Waals surface area contributed by atoms with Crippen molar-refractivity contribution in [2.24, 2.45) is 17.8 Å². The number of aliphatic carboxylic acids is 1. The first-order valence-electron chi connectivity index (χ1n) is 4.39. The summed E-state index contributed by atoms with van der Waals surface area (Å²) < 4.78 is 0. The SMILES string of the molecule is CCCC(C)[C@@H]1C[C@H]1C(=O)O. The molecule has 0 bridgehead atoms. The first-order chi connectivity index (χ1) is 5.16. The minimum atomic E-state index is -0.599. The van der Waals surface area contributed by atoms with Crippen molar-refractivity contribution in [1.29, 1.82) is 0 Å². The Bertz CT molecular complexity index is 154. The quantitative estimate of drug-likeness (QED) is 0.677. The summed E-state index contributed by atoms with van der Waals surface area (Å²) in [5.41, 5.74) is 0. The van der Waals surface area contributed by atoms with Crippen molar-refractivity contribution in [2.75, 3.05) is 0 Å². The summed E-state index contributed by atoms with van der Waals surface area (Å²) in [6, 6.07) is 0. The Hall–Kier alpha value is -0.530. The van der Waals surface area contributed by atoms with Gasteiger partial charge in [-0.1, -0.05) is 26.7 Å². The molecule has 1 saturated carbocycles. The highest BCUT2D eigenvalue weighted by Crippen LogP contribution is 2.45. The average Bonchev–Trinajstić information content (AvgIpc) is 2.65. The van der Waals surface area contributed by atoms with Crippen LogP contribution in [-0.4, -0.2) is 11.1 Å². The zero-order valence-corrected chi connectivity index (χ0v) is 7.21. The first kappa shape index (κ1) is 8.57. The van der Waals surface area contributed by atoms with E-state index in [0.717, 1.165) is 6.42 Å². The van der Waals surface area contributed by atoms with Crippen LogP contribution in [0, 0.1) is 17.8 Å². The van der Waals surface area contributed by atoms with Gasteiger partial charge in [0.2, 0.25) is 0 Å². The van der Waals surface area contributed by atoms with Crippen molar-refractivity contribution in [3.8, 4) is 0 Å². The van der Waals surface area contributed by atoms with E-state index in [0.29, 0.717) is 11.8 Å². The van der Waals surface area contributed by atoms with Crippen LogP contribution in [0.2, 0.25) is 0 Å². The van der Waals surface area contributed by atoms with Gasteiger partial charge in [0.1, 0.15) is 0 Å². The lowest BCUT2D eigenvalue weighted by atomic mass is 9.99. The summed E-state index contributed by atoms with van der Waals surface area (Å²) in [4.78, 5) is 10.5. The van der Waals surface area contributed by atoms with Gasteiger partial charge in [0.05, 0.1) is 5.92 Å². The van der Waals surface area contributed by atoms with Crippen molar-refractivity contribution >= 4 is 5.97 Å². The predicted molar refractivity (Wildman–Crippen MR) is 43.3 cm³/mol. The second kappa shape index (κ2) is 3.24. The lowest BCUT2D eigenvalue weighted by molar-refractivity contribution is -0.139. The van der Waals surface area contributed by atoms with Crippen molar-refractivity contribution in [1.82, 2.24) is 0 Å². The Morgan fingerprint density at radius 2 is 2.36 bits per heavy atom. The van der Waals surface area contributed by atoms with E-state index in [4.69, 9.17) is 5.11 Å². The molecule has 0 spiro atoms. The van der Waals surface area contributed by atoms with Crippen LogP contribution in [0.25, 0.3) is 0 Å². The van der Waals surface area contributed by atoms with Crippen molar-refractivity contribution < 1.29 is 9.90 Å². The van der Waals surface area contributed by atoms with E-state index in [2.05, 4.69) is 13.8 Å². The Morgan fingerprint density at radius 3 is 2.73 bits per heavy atom. The fraction of sp³-hybridized carbons (Fsp3) is 0.889. The van der Waals surface area contributed by atoms with Crippen LogP contribution >= 0.6 is 0 Å². The Balaban J connectivity index is 2.25. The van der Waals surface area contributed by atoms with Gasteiger partial charge in [0.15, 0.2) is 0 Å². The molecule has 2 nitrogen and oxygen atoms in total. The summed E-state index contributed by atoms with van der Waals surface area (Å²) in [7, 11) is 0. The number of rotatable bonds is 4. The van der Waals surface area contributed by atoms with Gasteiger partial charge >= 0.3 is 5.97 Å². The van der Waals surface area contributed by atoms with Gasteiger partial charge in [0.25, 0.3) is 0 Å². The molecule has 1 N–H and O–H groups in total. The van der Waals surface area contributed by atoms with Crippen molar-refractivity contribution in [3.05, 3.63) is 0 Å². The van der Waals surface area contributed by atoms with Crippen LogP contribution in [0.15, 0.2) is 0 Å². The molecule has 1 fully saturated rings. The molecule has 0 saturated heterocycles. The molecule has 2 heteroatoms. The zero-order chi connectivity index (χ0) is 8.43. The number of hydrogen-bond donors (Lipinski definition) is 1. The number of carbonyl (C=O) groups is 1. The molecule has 1 unspecified atom stereocenters. The number of carboxylic acids is 1. The van der Waals surface area contributed by atoms with E-state index in [9.17, 15) is 4.79 Å². The van der Waals surface area contributed by atoms with Gasteiger partial charge in [-0.2, -0.15) is 0 Å². The lowest BCUT2D eigenvalue weighted by Gasteiger charge is -2.06. The van der Waals surface area contributed by atoms with Crippen LogP contribution in [0.5, 0.6) is 0 Å². The Morgan fingerprint density at radius 1 is 1.73 bits per heavy atom. The Labute approximate surface area is 67.6 Å². The van der Waals surface area contributed by atoms with E-state index in [-0.39, 0.29) is 5.92 Å². The number of carboxylic acid groups (broad SMARTS) is 1. The van der Waals surface area contributed by atoms with Crippen molar-refractivity contribution in [3.63, 3.8) is 0 Å². The summed E-state index contributed by atoms with van der Waals surface area (Å²) in [5, 5.41) is 8.64. The molecule has 1 aliphatic carbocycles. The molecular weight excluding hydrogens is 140 g/mol. The normalized spacial score (nSPS) is 31.5. The molecule has 0 aromatic heterocycles. The van der Waals surface area contributed by atoms with E-state index in [1.54, 1.807) is 0 Å². The molecule has 11 heavy (non-hydrogen) atoms. The highest BCUT2D eigenvalue weighted by atomic mass is 16.4. The van der Waals surface area contributed by atoms with E-state index in [1.165, 1.54) is 12.8 Å². The minimum Gasteiger partial charge on any atom is -0.481 e. The molecule has 0 aromatic carbocycles. The fourth-order valence-electron chi connectivity index (χ4n) is 1.80. The third-order valence-corrected chi connectivity index (χ3v) is 2.63. The second-order valence-electron chi connectivity index (χ2n) is 3.61. The first-order valence-corrected chi connectivity index (χ1v) is 4.39. The molecular formula is C9H16O2. The van der Waals surface area contributed by atoms with Crippen LogP contribution in [0.3, 0.4) is 0 Å². The molecule has 0 aromatic rings. The highest BCUT2D eigenvalue weighted by Gasteiger charge is 2.45. The van der Waals surface area contributed by atoms with Crippen LogP contribution < -0.4 is 0 Å². The summed E-state index contributed by atoms with van der Waals surface area (Å²) in [6.45, 7) is 4.31. The van der Waals surface area contributed by atoms with Gasteiger partial charge in [-0.05, 0) is 18.3 Å². The third kappa shape index (κ3) is 1.95.